The number of rotatable bonds is 3. The average molecular weight is 267 g/mol. The molecular weight excluding hydrogens is 242 g/mol. The van der Waals surface area contributed by atoms with Crippen molar-refractivity contribution >= 4 is 17.2 Å². The molecule has 0 saturated heterocycles. The van der Waals surface area contributed by atoms with E-state index in [1.807, 2.05) is 20.8 Å². The van der Waals surface area contributed by atoms with E-state index >= 15 is 0 Å². The maximum atomic E-state index is 12.2. The summed E-state index contributed by atoms with van der Waals surface area (Å²) in [5.74, 6) is 0.986. The number of nitrogens with one attached hydrogen (secondary N) is 1. The van der Waals surface area contributed by atoms with Gasteiger partial charge in [-0.3, -0.25) is 4.79 Å². The Kier molecular flexibility index (Phi) is 4.60. The fourth-order valence-corrected chi connectivity index (χ4v) is 3.05. The minimum atomic E-state index is -0.183. The Bertz CT molecular complexity index is 399. The zero-order valence-electron chi connectivity index (χ0n) is 12.5. The van der Waals surface area contributed by atoms with E-state index < -0.39 is 0 Å². The van der Waals surface area contributed by atoms with Crippen LogP contribution in [0.3, 0.4) is 0 Å². The predicted octanol–water partition coefficient (Wildman–Crippen LogP) is 4.52. The van der Waals surface area contributed by atoms with E-state index in [0.717, 1.165) is 4.88 Å². The third-order valence-electron chi connectivity index (χ3n) is 2.65. The van der Waals surface area contributed by atoms with Crippen LogP contribution in [0.1, 0.15) is 80.4 Å². The Labute approximate surface area is 115 Å². The van der Waals surface area contributed by atoms with Crippen molar-refractivity contribution in [3.8, 4) is 0 Å². The average Bonchev–Trinajstić information content (AvgIpc) is 2.58. The molecule has 1 heterocycles. The van der Waals surface area contributed by atoms with Crippen molar-refractivity contribution in [1.82, 2.24) is 5.32 Å². The highest BCUT2D eigenvalue weighted by molar-refractivity contribution is 7.14. The van der Waals surface area contributed by atoms with Gasteiger partial charge in [-0.15, -0.1) is 11.3 Å². The minimum absolute atomic E-state index is 0.0429. The van der Waals surface area contributed by atoms with Crippen LogP contribution in [0.5, 0.6) is 0 Å². The number of hydrogen-bond acceptors (Lipinski definition) is 2. The SMILES string of the molecule is CC(C)c1cc(C(=O)NC(C)(C)C)sc1C(C)C. The second kappa shape index (κ2) is 5.43. The maximum absolute atomic E-state index is 12.2. The molecule has 0 aliphatic rings. The second-order valence-electron chi connectivity index (χ2n) is 6.44. The Morgan fingerprint density at radius 3 is 2.06 bits per heavy atom. The maximum Gasteiger partial charge on any atom is 0.261 e. The van der Waals surface area contributed by atoms with Crippen LogP contribution in [0, 0.1) is 0 Å². The molecule has 0 aliphatic carbocycles. The van der Waals surface area contributed by atoms with Gasteiger partial charge in [-0.2, -0.15) is 0 Å². The number of carbonyl (C=O) groups is 1. The molecule has 0 saturated carbocycles. The first-order chi connectivity index (χ1) is 8.11. The monoisotopic (exact) mass is 267 g/mol. The summed E-state index contributed by atoms with van der Waals surface area (Å²) in [5, 5.41) is 3.03. The van der Waals surface area contributed by atoms with Crippen LogP contribution in [0.15, 0.2) is 6.07 Å². The summed E-state index contributed by atoms with van der Waals surface area (Å²) in [6.45, 7) is 14.7. The zero-order valence-corrected chi connectivity index (χ0v) is 13.4. The van der Waals surface area contributed by atoms with Crippen LogP contribution in [0.2, 0.25) is 0 Å². The first-order valence-corrected chi connectivity index (χ1v) is 7.39. The lowest BCUT2D eigenvalue weighted by Gasteiger charge is -2.19. The largest absolute Gasteiger partial charge is 0.347 e. The van der Waals surface area contributed by atoms with Gasteiger partial charge in [-0.05, 0) is 44.2 Å². The number of hydrogen-bond donors (Lipinski definition) is 1. The molecule has 0 fully saturated rings. The van der Waals surface area contributed by atoms with Crippen molar-refractivity contribution in [1.29, 1.82) is 0 Å². The van der Waals surface area contributed by atoms with Crippen molar-refractivity contribution in [2.75, 3.05) is 0 Å². The van der Waals surface area contributed by atoms with Crippen molar-refractivity contribution in [2.24, 2.45) is 0 Å². The third-order valence-corrected chi connectivity index (χ3v) is 4.10. The van der Waals surface area contributed by atoms with Gasteiger partial charge in [-0.25, -0.2) is 0 Å². The van der Waals surface area contributed by atoms with E-state index in [1.165, 1.54) is 10.4 Å². The number of amides is 1. The van der Waals surface area contributed by atoms with Gasteiger partial charge in [0.2, 0.25) is 0 Å². The Hall–Kier alpha value is -0.830. The van der Waals surface area contributed by atoms with Gasteiger partial charge in [0.1, 0.15) is 0 Å². The summed E-state index contributed by atoms with van der Waals surface area (Å²) in [4.78, 5) is 14.3. The molecule has 1 amide bonds. The summed E-state index contributed by atoms with van der Waals surface area (Å²) in [7, 11) is 0. The van der Waals surface area contributed by atoms with Crippen LogP contribution < -0.4 is 5.32 Å². The van der Waals surface area contributed by atoms with Crippen molar-refractivity contribution in [3.05, 3.63) is 21.4 Å². The molecule has 18 heavy (non-hydrogen) atoms. The van der Waals surface area contributed by atoms with Gasteiger partial charge in [0.15, 0.2) is 0 Å². The molecule has 0 radical (unpaired) electrons. The summed E-state index contributed by atoms with van der Waals surface area (Å²) in [6, 6.07) is 2.06. The molecule has 0 spiro atoms. The molecule has 3 heteroatoms. The van der Waals surface area contributed by atoms with Gasteiger partial charge in [-0.1, -0.05) is 27.7 Å². The molecule has 1 rings (SSSR count). The summed E-state index contributed by atoms with van der Waals surface area (Å²) in [5.41, 5.74) is 1.13. The standard InChI is InChI=1S/C15H25NOS/c1-9(2)11-8-12(18-13(11)10(3)4)14(17)16-15(5,6)7/h8-10H,1-7H3,(H,16,17). The Balaban J connectivity index is 3.05. The van der Waals surface area contributed by atoms with Gasteiger partial charge >= 0.3 is 0 Å². The van der Waals surface area contributed by atoms with Crippen LogP contribution >= 0.6 is 11.3 Å². The Morgan fingerprint density at radius 1 is 1.17 bits per heavy atom. The molecule has 0 bridgehead atoms. The second-order valence-corrected chi connectivity index (χ2v) is 7.53. The van der Waals surface area contributed by atoms with E-state index in [4.69, 9.17) is 0 Å². The molecule has 102 valence electrons. The lowest BCUT2D eigenvalue weighted by molar-refractivity contribution is 0.0923. The van der Waals surface area contributed by atoms with E-state index in [2.05, 4.69) is 39.1 Å². The third kappa shape index (κ3) is 3.84. The smallest absolute Gasteiger partial charge is 0.261 e. The van der Waals surface area contributed by atoms with Gasteiger partial charge < -0.3 is 5.32 Å². The summed E-state index contributed by atoms with van der Waals surface area (Å²) in [6.07, 6.45) is 0. The highest BCUT2D eigenvalue weighted by Crippen LogP contribution is 2.34. The molecular formula is C15H25NOS. The van der Waals surface area contributed by atoms with Crippen LogP contribution in [-0.4, -0.2) is 11.4 Å². The molecule has 1 N–H and O–H groups in total. The van der Waals surface area contributed by atoms with Gasteiger partial charge in [0.05, 0.1) is 4.88 Å². The number of thiophene rings is 1. The highest BCUT2D eigenvalue weighted by Gasteiger charge is 2.21. The van der Waals surface area contributed by atoms with Gasteiger partial charge in [0, 0.05) is 10.4 Å². The summed E-state index contributed by atoms with van der Waals surface area (Å²) < 4.78 is 0. The fraction of sp³-hybridized carbons (Fsp3) is 0.667. The van der Waals surface area contributed by atoms with Crippen molar-refractivity contribution in [3.63, 3.8) is 0 Å². The molecule has 1 aromatic heterocycles. The van der Waals surface area contributed by atoms with Crippen molar-refractivity contribution in [2.45, 2.75) is 65.8 Å². The molecule has 0 aliphatic heterocycles. The van der Waals surface area contributed by atoms with E-state index in [-0.39, 0.29) is 11.4 Å². The molecule has 0 aromatic carbocycles. The Morgan fingerprint density at radius 2 is 1.72 bits per heavy atom. The molecule has 0 atom stereocenters. The van der Waals surface area contributed by atoms with E-state index in [9.17, 15) is 4.79 Å². The van der Waals surface area contributed by atoms with E-state index in [0.29, 0.717) is 11.8 Å². The molecule has 2 nitrogen and oxygen atoms in total. The fourth-order valence-electron chi connectivity index (χ4n) is 1.84. The lowest BCUT2D eigenvalue weighted by Crippen LogP contribution is -2.40. The lowest BCUT2D eigenvalue weighted by atomic mass is 9.99. The minimum Gasteiger partial charge on any atom is -0.347 e. The summed E-state index contributed by atoms with van der Waals surface area (Å²) >= 11 is 1.63. The number of carbonyl (C=O) groups excluding carboxylic acids is 1. The quantitative estimate of drug-likeness (QED) is 0.857. The van der Waals surface area contributed by atoms with Gasteiger partial charge in [0.25, 0.3) is 5.91 Å². The zero-order chi connectivity index (χ0) is 14.1. The van der Waals surface area contributed by atoms with E-state index in [1.54, 1.807) is 11.3 Å². The normalized spacial score (nSPS) is 12.3. The topological polar surface area (TPSA) is 29.1 Å². The van der Waals surface area contributed by atoms with Crippen LogP contribution in [0.25, 0.3) is 0 Å². The van der Waals surface area contributed by atoms with Crippen molar-refractivity contribution < 1.29 is 4.79 Å². The molecule has 1 aromatic rings. The highest BCUT2D eigenvalue weighted by atomic mass is 32.1. The van der Waals surface area contributed by atoms with Crippen LogP contribution in [0.4, 0.5) is 0 Å². The first kappa shape index (κ1) is 15.2. The van der Waals surface area contributed by atoms with Crippen LogP contribution in [-0.2, 0) is 0 Å². The predicted molar refractivity (Wildman–Crippen MR) is 79.7 cm³/mol. The first-order valence-electron chi connectivity index (χ1n) is 6.58. The molecule has 0 unspecified atom stereocenters.